The first-order valence-corrected chi connectivity index (χ1v) is 9.60. The second kappa shape index (κ2) is 6.49. The molecule has 1 N–H and O–H groups in total. The molecule has 2 bridgehead atoms. The Morgan fingerprint density at radius 3 is 2.35 bits per heavy atom. The minimum absolute atomic E-state index is 0.0212. The van der Waals surface area contributed by atoms with Crippen LogP contribution < -0.4 is 9.46 Å². The van der Waals surface area contributed by atoms with Gasteiger partial charge in [-0.3, -0.25) is 9.52 Å². The number of carbonyl (C=O) groups is 1. The first-order chi connectivity index (χ1) is 11.0. The van der Waals surface area contributed by atoms with E-state index in [1.807, 2.05) is 18.2 Å². The summed E-state index contributed by atoms with van der Waals surface area (Å²) in [5.41, 5.74) is -0.498. The zero-order valence-electron chi connectivity index (χ0n) is 13.0. The summed E-state index contributed by atoms with van der Waals surface area (Å²) in [5.74, 6) is 0.0550. The fourth-order valence-corrected chi connectivity index (χ4v) is 4.16. The summed E-state index contributed by atoms with van der Waals surface area (Å²) < 4.78 is 31.9. The molecule has 0 aliphatic carbocycles. The fraction of sp³-hybridized carbons (Fsp3) is 0.562. The molecule has 7 heteroatoms. The minimum Gasteiger partial charge on any atom is -0.492 e. The number of amides is 1. The van der Waals surface area contributed by atoms with Gasteiger partial charge in [-0.15, -0.1) is 0 Å². The lowest BCUT2D eigenvalue weighted by atomic mass is 9.71. The maximum Gasteiger partial charge on any atom is 0.239 e. The molecule has 0 saturated carbocycles. The number of benzene rings is 1. The van der Waals surface area contributed by atoms with Crippen molar-refractivity contribution in [3.05, 3.63) is 30.3 Å². The number of hydrogen-bond donors (Lipinski definition) is 1. The average molecular weight is 338 g/mol. The minimum atomic E-state index is -3.67. The number of nitrogens with zero attached hydrogens (tertiary/aromatic N) is 1. The molecular weight excluding hydrogens is 316 g/mol. The van der Waals surface area contributed by atoms with E-state index in [2.05, 4.69) is 9.62 Å². The maximum atomic E-state index is 12.5. The SMILES string of the molecule is O=C(NS(=O)(=O)CCOc1ccccc1)C12CCN(CC1)CC2. The highest BCUT2D eigenvalue weighted by Gasteiger charge is 2.46. The number of hydrogen-bond acceptors (Lipinski definition) is 5. The van der Waals surface area contributed by atoms with Crippen molar-refractivity contribution in [3.8, 4) is 5.75 Å². The van der Waals surface area contributed by atoms with Crippen LogP contribution in [0.2, 0.25) is 0 Å². The molecule has 3 aliphatic heterocycles. The number of ether oxygens (including phenoxy) is 1. The van der Waals surface area contributed by atoms with Crippen LogP contribution >= 0.6 is 0 Å². The van der Waals surface area contributed by atoms with Gasteiger partial charge in [0.2, 0.25) is 15.9 Å². The van der Waals surface area contributed by atoms with Crippen LogP contribution in [0.5, 0.6) is 5.75 Å². The highest BCUT2D eigenvalue weighted by atomic mass is 32.2. The lowest BCUT2D eigenvalue weighted by Gasteiger charge is -2.46. The summed E-state index contributed by atoms with van der Waals surface area (Å²) in [4.78, 5) is 14.8. The second-order valence-electron chi connectivity index (χ2n) is 6.28. The molecule has 126 valence electrons. The van der Waals surface area contributed by atoms with Crippen LogP contribution in [0.15, 0.2) is 30.3 Å². The van der Waals surface area contributed by atoms with Crippen LogP contribution in [0.3, 0.4) is 0 Å². The van der Waals surface area contributed by atoms with Gasteiger partial charge < -0.3 is 9.64 Å². The van der Waals surface area contributed by atoms with Gasteiger partial charge in [0.15, 0.2) is 0 Å². The van der Waals surface area contributed by atoms with E-state index in [0.717, 1.165) is 38.9 Å². The topological polar surface area (TPSA) is 75.7 Å². The number of piperidine rings is 3. The van der Waals surface area contributed by atoms with E-state index in [-0.39, 0.29) is 18.3 Å². The molecule has 0 atom stereocenters. The van der Waals surface area contributed by atoms with Crippen LogP contribution in [0.25, 0.3) is 0 Å². The molecule has 0 unspecified atom stereocenters. The number of para-hydroxylation sites is 1. The number of sulfonamides is 1. The summed E-state index contributed by atoms with van der Waals surface area (Å²) in [6.45, 7) is 2.66. The van der Waals surface area contributed by atoms with Crippen molar-refractivity contribution in [2.75, 3.05) is 32.0 Å². The standard InChI is InChI=1S/C16H22N2O4S/c19-15(16-6-9-18(10-7-16)11-8-16)17-23(20,21)13-12-22-14-4-2-1-3-5-14/h1-5H,6-13H2,(H,17,19). The Morgan fingerprint density at radius 2 is 1.74 bits per heavy atom. The molecule has 3 heterocycles. The largest absolute Gasteiger partial charge is 0.492 e. The highest BCUT2D eigenvalue weighted by molar-refractivity contribution is 7.90. The second-order valence-corrected chi connectivity index (χ2v) is 8.13. The summed E-state index contributed by atoms with van der Waals surface area (Å²) in [5, 5.41) is 0. The fourth-order valence-electron chi connectivity index (χ4n) is 3.25. The van der Waals surface area contributed by atoms with Gasteiger partial charge >= 0.3 is 0 Å². The molecule has 6 nitrogen and oxygen atoms in total. The predicted octanol–water partition coefficient (Wildman–Crippen LogP) is 0.997. The van der Waals surface area contributed by atoms with Crippen molar-refractivity contribution in [1.82, 2.24) is 9.62 Å². The summed E-state index contributed by atoms with van der Waals surface area (Å²) >= 11 is 0. The monoisotopic (exact) mass is 338 g/mol. The van der Waals surface area contributed by atoms with Crippen molar-refractivity contribution < 1.29 is 17.9 Å². The first kappa shape index (κ1) is 16.3. The van der Waals surface area contributed by atoms with E-state index in [1.165, 1.54) is 0 Å². The van der Waals surface area contributed by atoms with Crippen molar-refractivity contribution in [1.29, 1.82) is 0 Å². The number of rotatable bonds is 6. The zero-order valence-corrected chi connectivity index (χ0v) is 13.8. The molecule has 0 radical (unpaired) electrons. The van der Waals surface area contributed by atoms with Gasteiger partial charge in [0.05, 0.1) is 5.41 Å². The normalized spacial score (nSPS) is 26.7. The molecular formula is C16H22N2O4S. The van der Waals surface area contributed by atoms with Gasteiger partial charge in [-0.05, 0) is 51.0 Å². The molecule has 1 aromatic carbocycles. The van der Waals surface area contributed by atoms with Gasteiger partial charge in [0, 0.05) is 0 Å². The molecule has 23 heavy (non-hydrogen) atoms. The Labute approximate surface area is 136 Å². The van der Waals surface area contributed by atoms with E-state index in [1.54, 1.807) is 12.1 Å². The van der Waals surface area contributed by atoms with Crippen molar-refractivity contribution >= 4 is 15.9 Å². The third-order valence-electron chi connectivity index (χ3n) is 4.81. The smallest absolute Gasteiger partial charge is 0.239 e. The van der Waals surface area contributed by atoms with Crippen LogP contribution in [-0.4, -0.2) is 51.2 Å². The van der Waals surface area contributed by atoms with E-state index in [4.69, 9.17) is 4.74 Å². The lowest BCUT2D eigenvalue weighted by Crippen LogP contribution is -2.56. The molecule has 0 aromatic heterocycles. The summed E-state index contributed by atoms with van der Waals surface area (Å²) in [6, 6.07) is 9.03. The number of fused-ring (bicyclic) bond motifs is 3. The molecule has 3 fully saturated rings. The van der Waals surface area contributed by atoms with Crippen molar-refractivity contribution in [3.63, 3.8) is 0 Å². The quantitative estimate of drug-likeness (QED) is 0.837. The van der Waals surface area contributed by atoms with Crippen LogP contribution in [0.4, 0.5) is 0 Å². The van der Waals surface area contributed by atoms with Crippen LogP contribution in [0, 0.1) is 5.41 Å². The van der Waals surface area contributed by atoms with Crippen LogP contribution in [0.1, 0.15) is 19.3 Å². The molecule has 4 rings (SSSR count). The Hall–Kier alpha value is -1.60. The number of nitrogens with one attached hydrogen (secondary N) is 1. The van der Waals surface area contributed by atoms with Crippen molar-refractivity contribution in [2.45, 2.75) is 19.3 Å². The Morgan fingerprint density at radius 1 is 1.13 bits per heavy atom. The highest BCUT2D eigenvalue weighted by Crippen LogP contribution is 2.40. The van der Waals surface area contributed by atoms with E-state index in [0.29, 0.717) is 5.75 Å². The molecule has 3 aliphatic rings. The third kappa shape index (κ3) is 3.84. The molecule has 1 aromatic rings. The van der Waals surface area contributed by atoms with Crippen molar-refractivity contribution in [2.24, 2.45) is 5.41 Å². The molecule has 0 spiro atoms. The third-order valence-corrected chi connectivity index (χ3v) is 6.01. The first-order valence-electron chi connectivity index (χ1n) is 7.94. The van der Waals surface area contributed by atoms with E-state index < -0.39 is 15.4 Å². The summed E-state index contributed by atoms with van der Waals surface area (Å²) in [6.07, 6.45) is 2.23. The van der Waals surface area contributed by atoms with E-state index >= 15 is 0 Å². The van der Waals surface area contributed by atoms with Gasteiger partial charge in [0.1, 0.15) is 18.1 Å². The van der Waals surface area contributed by atoms with Gasteiger partial charge in [0.25, 0.3) is 0 Å². The average Bonchev–Trinajstić information content (AvgIpc) is 2.57. The molecule has 1 amide bonds. The number of carbonyl (C=O) groups excluding carboxylic acids is 1. The Kier molecular flexibility index (Phi) is 4.59. The van der Waals surface area contributed by atoms with E-state index in [9.17, 15) is 13.2 Å². The Bertz CT molecular complexity index is 638. The molecule has 3 saturated heterocycles. The zero-order chi connectivity index (χ0) is 16.3. The van der Waals surface area contributed by atoms with Gasteiger partial charge in [-0.25, -0.2) is 8.42 Å². The predicted molar refractivity (Wildman–Crippen MR) is 86.6 cm³/mol. The van der Waals surface area contributed by atoms with Crippen LogP contribution in [-0.2, 0) is 14.8 Å². The lowest BCUT2D eigenvalue weighted by molar-refractivity contribution is -0.136. The summed E-state index contributed by atoms with van der Waals surface area (Å²) in [7, 11) is -3.67. The maximum absolute atomic E-state index is 12.5. The Balaban J connectivity index is 1.52. The van der Waals surface area contributed by atoms with Gasteiger partial charge in [-0.1, -0.05) is 18.2 Å². The van der Waals surface area contributed by atoms with Gasteiger partial charge in [-0.2, -0.15) is 0 Å².